The minimum atomic E-state index is -3.80. The minimum Gasteiger partial charge on any atom is -0.497 e. The molecule has 2 aromatic heterocycles. The van der Waals surface area contributed by atoms with Gasteiger partial charge in [-0.25, -0.2) is 13.4 Å². The molecule has 144 valence electrons. The van der Waals surface area contributed by atoms with Crippen molar-refractivity contribution in [3.8, 4) is 10.9 Å². The van der Waals surface area contributed by atoms with E-state index in [0.29, 0.717) is 21.7 Å². The van der Waals surface area contributed by atoms with Crippen LogP contribution < -0.4 is 9.46 Å². The number of aromatic nitrogens is 3. The molecule has 0 unspecified atom stereocenters. The lowest BCUT2D eigenvalue weighted by molar-refractivity contribution is 0.415. The maximum atomic E-state index is 12.7. The first-order chi connectivity index (χ1) is 13.4. The zero-order valence-electron chi connectivity index (χ0n) is 14.9. The largest absolute Gasteiger partial charge is 0.497 e. The van der Waals surface area contributed by atoms with E-state index in [9.17, 15) is 8.42 Å². The number of anilines is 1. The highest BCUT2D eigenvalue weighted by Crippen LogP contribution is 2.30. The van der Waals surface area contributed by atoms with Crippen molar-refractivity contribution in [1.29, 1.82) is 0 Å². The van der Waals surface area contributed by atoms with Crippen LogP contribution in [0.4, 0.5) is 5.82 Å². The highest BCUT2D eigenvalue weighted by atomic mass is 35.5. The summed E-state index contributed by atoms with van der Waals surface area (Å²) in [5, 5.41) is 5.41. The summed E-state index contributed by atoms with van der Waals surface area (Å²) < 4.78 is 35.7. The number of nitrogens with zero attached hydrogens (tertiary/aromatic N) is 3. The number of thiazole rings is 1. The van der Waals surface area contributed by atoms with Gasteiger partial charge in [-0.3, -0.25) is 4.72 Å². The third-order valence-corrected chi connectivity index (χ3v) is 6.58. The number of halogens is 1. The van der Waals surface area contributed by atoms with E-state index in [-0.39, 0.29) is 4.90 Å². The van der Waals surface area contributed by atoms with E-state index in [2.05, 4.69) is 14.8 Å². The molecule has 4 aromatic rings. The summed E-state index contributed by atoms with van der Waals surface area (Å²) in [4.78, 5) is 4.67. The van der Waals surface area contributed by atoms with E-state index in [0.717, 1.165) is 16.0 Å². The molecule has 10 heteroatoms. The van der Waals surface area contributed by atoms with E-state index in [1.807, 2.05) is 18.2 Å². The number of hydrogen-bond acceptors (Lipinski definition) is 6. The van der Waals surface area contributed by atoms with E-state index in [4.69, 9.17) is 16.3 Å². The molecule has 0 atom stereocenters. The van der Waals surface area contributed by atoms with Gasteiger partial charge in [0, 0.05) is 11.1 Å². The van der Waals surface area contributed by atoms with Gasteiger partial charge in [0.25, 0.3) is 10.0 Å². The second-order valence-electron chi connectivity index (χ2n) is 5.97. The van der Waals surface area contributed by atoms with Crippen molar-refractivity contribution in [2.75, 3.05) is 11.8 Å². The summed E-state index contributed by atoms with van der Waals surface area (Å²) >= 11 is 7.23. The molecule has 1 N–H and O–H groups in total. The second kappa shape index (κ2) is 7.08. The Labute approximate surface area is 170 Å². The van der Waals surface area contributed by atoms with Crippen LogP contribution in [0.1, 0.15) is 5.69 Å². The number of ether oxygens (including phenoxy) is 1. The predicted molar refractivity (Wildman–Crippen MR) is 110 cm³/mol. The molecule has 7 nitrogen and oxygen atoms in total. The zero-order chi connectivity index (χ0) is 19.9. The van der Waals surface area contributed by atoms with Crippen molar-refractivity contribution < 1.29 is 13.2 Å². The molecule has 2 aromatic carbocycles. The summed E-state index contributed by atoms with van der Waals surface area (Å²) in [5.74, 6) is 1.03. The highest BCUT2D eigenvalue weighted by Gasteiger charge is 2.19. The Morgan fingerprint density at radius 2 is 1.89 bits per heavy atom. The van der Waals surface area contributed by atoms with Crippen LogP contribution in [-0.2, 0) is 10.0 Å². The van der Waals surface area contributed by atoms with Crippen LogP contribution in [0.15, 0.2) is 53.4 Å². The fraction of sp³-hybridized carbons (Fsp3) is 0.111. The van der Waals surface area contributed by atoms with E-state index in [1.54, 1.807) is 20.1 Å². The first-order valence-corrected chi connectivity index (χ1v) is 10.8. The minimum absolute atomic E-state index is 0.108. The number of benzene rings is 2. The van der Waals surface area contributed by atoms with Crippen LogP contribution in [0.25, 0.3) is 15.3 Å². The molecule has 0 bridgehead atoms. The van der Waals surface area contributed by atoms with Crippen LogP contribution >= 0.6 is 22.9 Å². The smallest absolute Gasteiger partial charge is 0.263 e. The molecule has 0 radical (unpaired) electrons. The Kier molecular flexibility index (Phi) is 4.74. The second-order valence-corrected chi connectivity index (χ2v) is 9.10. The third-order valence-electron chi connectivity index (χ3n) is 3.96. The van der Waals surface area contributed by atoms with Gasteiger partial charge < -0.3 is 4.74 Å². The van der Waals surface area contributed by atoms with Gasteiger partial charge in [-0.05, 0) is 49.4 Å². The first-order valence-electron chi connectivity index (χ1n) is 8.16. The lowest BCUT2D eigenvalue weighted by Gasteiger charge is -2.08. The molecule has 28 heavy (non-hydrogen) atoms. The predicted octanol–water partition coefficient (Wildman–Crippen LogP) is 4.25. The van der Waals surface area contributed by atoms with E-state index < -0.39 is 10.0 Å². The van der Waals surface area contributed by atoms with Gasteiger partial charge in [-0.2, -0.15) is 9.78 Å². The summed E-state index contributed by atoms with van der Waals surface area (Å²) in [7, 11) is -2.20. The monoisotopic (exact) mass is 434 g/mol. The number of rotatable bonds is 5. The van der Waals surface area contributed by atoms with Crippen LogP contribution in [0.5, 0.6) is 5.75 Å². The van der Waals surface area contributed by atoms with E-state index in [1.165, 1.54) is 40.3 Å². The van der Waals surface area contributed by atoms with Gasteiger partial charge >= 0.3 is 0 Å². The Morgan fingerprint density at radius 3 is 2.61 bits per heavy atom. The Balaban J connectivity index is 1.74. The Morgan fingerprint density at radius 1 is 1.14 bits per heavy atom. The number of sulfonamides is 1. The van der Waals surface area contributed by atoms with Gasteiger partial charge in [0.2, 0.25) is 5.13 Å². The van der Waals surface area contributed by atoms with Crippen molar-refractivity contribution in [2.45, 2.75) is 11.8 Å². The molecule has 0 aliphatic carbocycles. The van der Waals surface area contributed by atoms with Gasteiger partial charge in [0.1, 0.15) is 11.6 Å². The number of methoxy groups -OCH3 is 1. The van der Waals surface area contributed by atoms with Crippen molar-refractivity contribution in [3.63, 3.8) is 0 Å². The zero-order valence-corrected chi connectivity index (χ0v) is 17.3. The topological polar surface area (TPSA) is 86.1 Å². The average Bonchev–Trinajstić information content (AvgIpc) is 3.23. The summed E-state index contributed by atoms with van der Waals surface area (Å²) in [6.07, 6.45) is 0. The molecule has 0 aliphatic heterocycles. The summed E-state index contributed by atoms with van der Waals surface area (Å²) in [6.45, 7) is 1.78. The molecule has 2 heterocycles. The van der Waals surface area contributed by atoms with Crippen molar-refractivity contribution >= 4 is 49.0 Å². The molecule has 0 fully saturated rings. The molecular formula is C18H15ClN4O3S2. The molecular weight excluding hydrogens is 420 g/mol. The van der Waals surface area contributed by atoms with Crippen LogP contribution in [0, 0.1) is 6.92 Å². The van der Waals surface area contributed by atoms with Crippen LogP contribution in [0.3, 0.4) is 0 Å². The maximum Gasteiger partial charge on any atom is 0.263 e. The lowest BCUT2D eigenvalue weighted by atomic mass is 10.3. The number of fused-ring (bicyclic) bond motifs is 1. The molecule has 4 rings (SSSR count). The molecule has 0 amide bonds. The standard InChI is InChI=1S/C18H15ClN4O3S2/c1-11-9-17(22-28(24,25)14-6-3-12(19)4-7-14)23(21-11)18-20-15-8-5-13(26-2)10-16(15)27-18/h3-10,22H,1-2H3. The average molecular weight is 435 g/mol. The summed E-state index contributed by atoms with van der Waals surface area (Å²) in [6, 6.07) is 13.2. The fourth-order valence-electron chi connectivity index (χ4n) is 2.64. The highest BCUT2D eigenvalue weighted by molar-refractivity contribution is 7.92. The quantitative estimate of drug-likeness (QED) is 0.507. The summed E-state index contributed by atoms with van der Waals surface area (Å²) in [5.41, 5.74) is 1.44. The number of aryl methyl sites for hydroxylation is 1. The number of hydrogen-bond donors (Lipinski definition) is 1. The van der Waals surface area contributed by atoms with Gasteiger partial charge in [0.05, 0.1) is 27.9 Å². The SMILES string of the molecule is COc1ccc2nc(-n3nc(C)cc3NS(=O)(=O)c3ccc(Cl)cc3)sc2c1. The molecule has 0 aliphatic rings. The Hall–Kier alpha value is -2.62. The Bertz CT molecular complexity index is 1260. The fourth-order valence-corrected chi connectivity index (χ4v) is 4.76. The first kappa shape index (κ1) is 18.7. The lowest BCUT2D eigenvalue weighted by Crippen LogP contribution is -2.15. The van der Waals surface area contributed by atoms with Crippen molar-refractivity contribution in [2.24, 2.45) is 0 Å². The maximum absolute atomic E-state index is 12.7. The molecule has 0 saturated heterocycles. The molecule has 0 saturated carbocycles. The van der Waals surface area contributed by atoms with Crippen LogP contribution in [-0.4, -0.2) is 30.3 Å². The van der Waals surface area contributed by atoms with Gasteiger partial charge in [-0.1, -0.05) is 22.9 Å². The normalized spacial score (nSPS) is 11.7. The van der Waals surface area contributed by atoms with Gasteiger partial charge in [-0.15, -0.1) is 0 Å². The van der Waals surface area contributed by atoms with Crippen molar-refractivity contribution in [1.82, 2.24) is 14.8 Å². The van der Waals surface area contributed by atoms with Crippen molar-refractivity contribution in [3.05, 3.63) is 59.2 Å². The van der Waals surface area contributed by atoms with Crippen LogP contribution in [0.2, 0.25) is 5.02 Å². The van der Waals surface area contributed by atoms with Gasteiger partial charge in [0.15, 0.2) is 0 Å². The molecule has 0 spiro atoms. The number of nitrogens with one attached hydrogen (secondary N) is 1. The van der Waals surface area contributed by atoms with E-state index >= 15 is 0 Å². The third kappa shape index (κ3) is 3.56.